The SMILES string of the molecule is CCOc1nc(-c2cccc(C(F)(F)F)c2)n(-c2ccc(NC(=O)Nc3cccc(Cl)c3)cc2)n1. The van der Waals surface area contributed by atoms with E-state index in [-0.39, 0.29) is 24.0 Å². The van der Waals surface area contributed by atoms with E-state index >= 15 is 0 Å². The lowest BCUT2D eigenvalue weighted by Gasteiger charge is -2.11. The van der Waals surface area contributed by atoms with Gasteiger partial charge in [-0.1, -0.05) is 29.8 Å². The maximum absolute atomic E-state index is 13.2. The fourth-order valence-electron chi connectivity index (χ4n) is 3.23. The highest BCUT2D eigenvalue weighted by molar-refractivity contribution is 6.30. The van der Waals surface area contributed by atoms with Crippen molar-refractivity contribution in [1.29, 1.82) is 0 Å². The van der Waals surface area contributed by atoms with Gasteiger partial charge in [0.2, 0.25) is 0 Å². The van der Waals surface area contributed by atoms with E-state index in [0.717, 1.165) is 12.1 Å². The van der Waals surface area contributed by atoms with Gasteiger partial charge in [-0.05, 0) is 61.5 Å². The van der Waals surface area contributed by atoms with E-state index in [0.29, 0.717) is 22.1 Å². The van der Waals surface area contributed by atoms with Gasteiger partial charge in [-0.2, -0.15) is 18.2 Å². The fraction of sp³-hybridized carbons (Fsp3) is 0.125. The van der Waals surface area contributed by atoms with Gasteiger partial charge in [-0.25, -0.2) is 9.48 Å². The molecule has 0 radical (unpaired) electrons. The van der Waals surface area contributed by atoms with Crippen LogP contribution in [0.15, 0.2) is 72.8 Å². The summed E-state index contributed by atoms with van der Waals surface area (Å²) in [6.07, 6.45) is -4.50. The third kappa shape index (κ3) is 5.90. The second-order valence-electron chi connectivity index (χ2n) is 7.28. The smallest absolute Gasteiger partial charge is 0.416 e. The van der Waals surface area contributed by atoms with Crippen LogP contribution in [0.25, 0.3) is 17.1 Å². The molecule has 0 fully saturated rings. The van der Waals surface area contributed by atoms with Gasteiger partial charge in [0.05, 0.1) is 17.9 Å². The van der Waals surface area contributed by atoms with Crippen LogP contribution in [0.2, 0.25) is 5.02 Å². The molecule has 0 saturated carbocycles. The van der Waals surface area contributed by atoms with E-state index in [1.165, 1.54) is 16.8 Å². The van der Waals surface area contributed by atoms with Crippen LogP contribution in [0.5, 0.6) is 6.01 Å². The Morgan fingerprint density at radius 3 is 2.40 bits per heavy atom. The molecule has 0 bridgehead atoms. The molecule has 2 amide bonds. The van der Waals surface area contributed by atoms with Gasteiger partial charge in [0.1, 0.15) is 0 Å². The van der Waals surface area contributed by atoms with Crippen molar-refractivity contribution in [2.45, 2.75) is 13.1 Å². The average molecular weight is 502 g/mol. The second kappa shape index (κ2) is 10.1. The third-order valence-electron chi connectivity index (χ3n) is 4.76. The minimum absolute atomic E-state index is 0.0306. The molecular formula is C24H19ClF3N5O2. The number of anilines is 2. The number of hydrogen-bond donors (Lipinski definition) is 2. The Bertz CT molecular complexity index is 1340. The molecule has 0 aliphatic heterocycles. The number of nitrogens with zero attached hydrogens (tertiary/aromatic N) is 3. The molecule has 180 valence electrons. The van der Waals surface area contributed by atoms with Gasteiger partial charge in [0.15, 0.2) is 5.82 Å². The van der Waals surface area contributed by atoms with E-state index in [1.807, 2.05) is 0 Å². The number of rotatable bonds is 6. The molecule has 4 aromatic rings. The fourth-order valence-corrected chi connectivity index (χ4v) is 3.42. The van der Waals surface area contributed by atoms with Crippen LogP contribution in [0.4, 0.5) is 29.3 Å². The Hall–Kier alpha value is -4.05. The summed E-state index contributed by atoms with van der Waals surface area (Å²) in [4.78, 5) is 16.5. The molecule has 35 heavy (non-hydrogen) atoms. The summed E-state index contributed by atoms with van der Waals surface area (Å²) in [6.45, 7) is 2.04. The van der Waals surface area contributed by atoms with E-state index in [2.05, 4.69) is 20.7 Å². The zero-order chi connectivity index (χ0) is 25.0. The topological polar surface area (TPSA) is 81.1 Å². The molecule has 0 atom stereocenters. The summed E-state index contributed by atoms with van der Waals surface area (Å²) in [5, 5.41) is 10.1. The highest BCUT2D eigenvalue weighted by atomic mass is 35.5. The predicted molar refractivity (Wildman–Crippen MR) is 127 cm³/mol. The minimum atomic E-state index is -4.50. The van der Waals surface area contributed by atoms with Gasteiger partial charge in [0, 0.05) is 22.0 Å². The van der Waals surface area contributed by atoms with Gasteiger partial charge in [-0.3, -0.25) is 0 Å². The Balaban J connectivity index is 1.58. The van der Waals surface area contributed by atoms with Crippen LogP contribution in [0.3, 0.4) is 0 Å². The first kappa shape index (κ1) is 24.1. The number of halogens is 4. The van der Waals surface area contributed by atoms with Crippen molar-refractivity contribution in [2.75, 3.05) is 17.2 Å². The summed E-state index contributed by atoms with van der Waals surface area (Å²) < 4.78 is 46.4. The zero-order valence-corrected chi connectivity index (χ0v) is 19.1. The minimum Gasteiger partial charge on any atom is -0.463 e. The molecule has 0 unspecified atom stereocenters. The van der Waals surface area contributed by atoms with Gasteiger partial charge >= 0.3 is 18.2 Å². The Morgan fingerprint density at radius 1 is 1.00 bits per heavy atom. The van der Waals surface area contributed by atoms with Crippen molar-refractivity contribution in [3.05, 3.63) is 83.4 Å². The van der Waals surface area contributed by atoms with E-state index in [1.54, 1.807) is 55.5 Å². The maximum atomic E-state index is 13.2. The average Bonchev–Trinajstić information content (AvgIpc) is 3.23. The van der Waals surface area contributed by atoms with Crippen LogP contribution in [0, 0.1) is 0 Å². The second-order valence-corrected chi connectivity index (χ2v) is 7.71. The molecule has 7 nitrogen and oxygen atoms in total. The van der Waals surface area contributed by atoms with E-state index in [4.69, 9.17) is 16.3 Å². The van der Waals surface area contributed by atoms with E-state index < -0.39 is 17.8 Å². The largest absolute Gasteiger partial charge is 0.463 e. The number of urea groups is 1. The van der Waals surface area contributed by atoms with Crippen LogP contribution < -0.4 is 15.4 Å². The summed E-state index contributed by atoms with van der Waals surface area (Å²) in [5.74, 6) is 0.180. The third-order valence-corrected chi connectivity index (χ3v) is 5.00. The van der Waals surface area contributed by atoms with Crippen molar-refractivity contribution in [3.63, 3.8) is 0 Å². The van der Waals surface area contributed by atoms with Crippen LogP contribution in [-0.4, -0.2) is 27.4 Å². The first-order valence-electron chi connectivity index (χ1n) is 10.4. The highest BCUT2D eigenvalue weighted by Crippen LogP contribution is 2.33. The molecular weight excluding hydrogens is 483 g/mol. The van der Waals surface area contributed by atoms with Crippen molar-refractivity contribution in [1.82, 2.24) is 14.8 Å². The Kier molecular flexibility index (Phi) is 6.92. The summed E-state index contributed by atoms with van der Waals surface area (Å²) >= 11 is 5.92. The number of carbonyl (C=O) groups is 1. The van der Waals surface area contributed by atoms with E-state index in [9.17, 15) is 18.0 Å². The number of amides is 2. The number of aromatic nitrogens is 3. The number of ether oxygens (including phenoxy) is 1. The van der Waals surface area contributed by atoms with Crippen molar-refractivity contribution in [2.24, 2.45) is 0 Å². The summed E-state index contributed by atoms with van der Waals surface area (Å²) in [6, 6.07) is 17.7. The number of hydrogen-bond acceptors (Lipinski definition) is 4. The molecule has 1 aromatic heterocycles. The molecule has 3 aromatic carbocycles. The first-order valence-corrected chi connectivity index (χ1v) is 10.8. The number of carbonyl (C=O) groups excluding carboxylic acids is 1. The van der Waals surface area contributed by atoms with Crippen LogP contribution in [0.1, 0.15) is 12.5 Å². The molecule has 0 spiro atoms. The Morgan fingerprint density at radius 2 is 1.71 bits per heavy atom. The maximum Gasteiger partial charge on any atom is 0.416 e. The quantitative estimate of drug-likeness (QED) is 0.310. The lowest BCUT2D eigenvalue weighted by atomic mass is 10.1. The standard InChI is InChI=1S/C24H19ClF3N5O2/c1-2-35-23-31-21(15-5-3-6-16(13-15)24(26,27)28)33(32-23)20-11-9-18(10-12-20)29-22(34)30-19-8-4-7-17(25)14-19/h3-14H,2H2,1H3,(H2,29,30,34). The molecule has 0 saturated heterocycles. The summed E-state index contributed by atoms with van der Waals surface area (Å²) in [5.41, 5.74) is 0.952. The molecule has 2 N–H and O–H groups in total. The molecule has 1 heterocycles. The highest BCUT2D eigenvalue weighted by Gasteiger charge is 2.31. The number of alkyl halides is 3. The summed E-state index contributed by atoms with van der Waals surface area (Å²) in [7, 11) is 0. The lowest BCUT2D eigenvalue weighted by molar-refractivity contribution is -0.137. The first-order chi connectivity index (χ1) is 16.7. The van der Waals surface area contributed by atoms with Gasteiger partial charge in [0.25, 0.3) is 0 Å². The van der Waals surface area contributed by atoms with Gasteiger partial charge < -0.3 is 15.4 Å². The predicted octanol–water partition coefficient (Wildman–Crippen LogP) is 6.65. The lowest BCUT2D eigenvalue weighted by Crippen LogP contribution is -2.19. The monoisotopic (exact) mass is 501 g/mol. The molecule has 4 rings (SSSR count). The number of nitrogens with one attached hydrogen (secondary N) is 2. The normalized spacial score (nSPS) is 11.2. The van der Waals surface area contributed by atoms with Crippen molar-refractivity contribution >= 4 is 29.0 Å². The van der Waals surface area contributed by atoms with Gasteiger partial charge in [-0.15, -0.1) is 5.10 Å². The Labute approximate surface area is 203 Å². The molecule has 0 aliphatic rings. The zero-order valence-electron chi connectivity index (χ0n) is 18.3. The number of benzene rings is 3. The van der Waals surface area contributed by atoms with Crippen LogP contribution in [-0.2, 0) is 6.18 Å². The van der Waals surface area contributed by atoms with Crippen LogP contribution >= 0.6 is 11.6 Å². The molecule has 11 heteroatoms. The van der Waals surface area contributed by atoms with Crippen molar-refractivity contribution < 1.29 is 22.7 Å². The van der Waals surface area contributed by atoms with Crippen molar-refractivity contribution in [3.8, 4) is 23.1 Å². The molecule has 0 aliphatic carbocycles.